The number of carbonyl (C=O) groups is 4. The number of pyridine rings is 4. The third kappa shape index (κ3) is 20.5. The van der Waals surface area contributed by atoms with Gasteiger partial charge < -0.3 is 54.0 Å². The molecule has 0 aliphatic carbocycles. The van der Waals surface area contributed by atoms with E-state index in [0.717, 1.165) is 93.5 Å². The quantitative estimate of drug-likeness (QED) is 0.0426. The number of nitrogen functional groups attached to an aromatic ring is 2. The highest BCUT2D eigenvalue weighted by atomic mass is 32.2. The van der Waals surface area contributed by atoms with Crippen LogP contribution in [0, 0.1) is 0 Å². The average Bonchev–Trinajstić information content (AvgIpc) is 3.34. The van der Waals surface area contributed by atoms with E-state index in [0.29, 0.717) is 91.7 Å². The number of amides is 6. The minimum Gasteiger partial charge on any atom is -0.384 e. The fourth-order valence-electron chi connectivity index (χ4n) is 6.90. The van der Waals surface area contributed by atoms with E-state index in [1.165, 1.54) is 0 Å². The molecule has 0 bridgehead atoms. The molecular formula is C47H71N15O5S. The predicted octanol–water partition coefficient (Wildman–Crippen LogP) is 3.56. The molecule has 1 saturated heterocycles. The first-order valence-electron chi connectivity index (χ1n) is 23.5. The lowest BCUT2D eigenvalue weighted by Crippen LogP contribution is -2.42. The molecule has 1 fully saturated rings. The van der Waals surface area contributed by atoms with E-state index in [1.807, 2.05) is 50.2 Å². The first kappa shape index (κ1) is 54.0. The molecule has 5 heterocycles. The molecule has 0 radical (unpaired) electrons. The van der Waals surface area contributed by atoms with Crippen molar-refractivity contribution < 1.29 is 23.4 Å². The van der Waals surface area contributed by atoms with Gasteiger partial charge in [-0.1, -0.05) is 25.0 Å². The van der Waals surface area contributed by atoms with Gasteiger partial charge in [0.2, 0.25) is 0 Å². The molecule has 4 aromatic rings. The molecule has 370 valence electrons. The van der Waals surface area contributed by atoms with Crippen LogP contribution in [0.2, 0.25) is 0 Å². The Labute approximate surface area is 402 Å². The van der Waals surface area contributed by atoms with Gasteiger partial charge in [-0.15, -0.1) is 0 Å². The van der Waals surface area contributed by atoms with Crippen LogP contribution in [0.1, 0.15) is 95.6 Å². The number of aromatic nitrogens is 4. The van der Waals surface area contributed by atoms with Crippen molar-refractivity contribution >= 4 is 57.9 Å². The van der Waals surface area contributed by atoms with E-state index >= 15 is 0 Å². The van der Waals surface area contributed by atoms with Crippen molar-refractivity contribution in [3.63, 3.8) is 0 Å². The lowest BCUT2D eigenvalue weighted by atomic mass is 10.1. The third-order valence-corrected chi connectivity index (χ3v) is 12.0. The molecule has 20 nitrogen and oxygen atoms in total. The minimum absolute atomic E-state index is 0.142. The number of nitrogens with one attached hydrogen (secondary N) is 8. The monoisotopic (exact) mass is 958 g/mol. The van der Waals surface area contributed by atoms with E-state index in [4.69, 9.17) is 11.5 Å². The fourth-order valence-corrected chi connectivity index (χ4v) is 8.02. The average molecular weight is 958 g/mol. The van der Waals surface area contributed by atoms with Gasteiger partial charge in [-0.3, -0.25) is 18.7 Å². The molecule has 6 amide bonds. The van der Waals surface area contributed by atoms with Gasteiger partial charge in [-0.05, 0) is 99.9 Å². The summed E-state index contributed by atoms with van der Waals surface area (Å²) in [5, 5.41) is 23.3. The minimum atomic E-state index is -0.699. The fraction of sp³-hybridized carbons (Fsp3) is 0.489. The molecule has 12 N–H and O–H groups in total. The van der Waals surface area contributed by atoms with Crippen molar-refractivity contribution in [2.24, 2.45) is 0 Å². The van der Waals surface area contributed by atoms with Gasteiger partial charge >= 0.3 is 12.1 Å². The molecule has 68 heavy (non-hydrogen) atoms. The summed E-state index contributed by atoms with van der Waals surface area (Å²) in [6.07, 6.45) is 10.6. The Morgan fingerprint density at radius 3 is 1.57 bits per heavy atom. The largest absolute Gasteiger partial charge is 0.384 e. The second-order valence-corrected chi connectivity index (χ2v) is 17.7. The molecule has 4 aromatic heterocycles. The van der Waals surface area contributed by atoms with Crippen LogP contribution in [0.3, 0.4) is 0 Å². The highest BCUT2D eigenvalue weighted by Crippen LogP contribution is 2.17. The van der Waals surface area contributed by atoms with Crippen LogP contribution in [-0.4, -0.2) is 124 Å². The SMILES string of the molecule is CCNc1nc(CCCCCCNC(=O)NCc2ccc(N)nc2)ccc1C(=O)NC.CCNc1nc(CCCCNC(=O)NCc2ccc(N)nc2)ccc1C(=O)NCCN1CCS(=O)CC1. The molecule has 0 atom stereocenters. The van der Waals surface area contributed by atoms with E-state index in [9.17, 15) is 23.4 Å². The van der Waals surface area contributed by atoms with Crippen LogP contribution < -0.4 is 54.0 Å². The van der Waals surface area contributed by atoms with Crippen molar-refractivity contribution in [2.75, 3.05) is 93.0 Å². The first-order valence-corrected chi connectivity index (χ1v) is 25.0. The summed E-state index contributed by atoms with van der Waals surface area (Å²) in [4.78, 5) is 67.9. The summed E-state index contributed by atoms with van der Waals surface area (Å²) in [5.74, 6) is 3.23. The molecule has 0 spiro atoms. The number of unbranched alkanes of at least 4 members (excludes halogenated alkanes) is 4. The smallest absolute Gasteiger partial charge is 0.315 e. The van der Waals surface area contributed by atoms with Gasteiger partial charge in [0.15, 0.2) is 0 Å². The molecule has 0 aromatic carbocycles. The summed E-state index contributed by atoms with van der Waals surface area (Å²) in [6.45, 7) is 10.2. The Hall–Kier alpha value is -6.61. The number of anilines is 4. The van der Waals surface area contributed by atoms with Crippen LogP contribution in [-0.2, 0) is 36.7 Å². The van der Waals surface area contributed by atoms with Gasteiger partial charge in [-0.2, -0.15) is 0 Å². The zero-order chi connectivity index (χ0) is 48.9. The first-order chi connectivity index (χ1) is 33.0. The van der Waals surface area contributed by atoms with E-state index in [-0.39, 0.29) is 23.9 Å². The second-order valence-electron chi connectivity index (χ2n) is 16.0. The third-order valence-electron chi connectivity index (χ3n) is 10.7. The Balaban J connectivity index is 0.000000301. The summed E-state index contributed by atoms with van der Waals surface area (Å²) >= 11 is 0. The van der Waals surface area contributed by atoms with Gasteiger partial charge in [0.25, 0.3) is 11.8 Å². The lowest BCUT2D eigenvalue weighted by Gasteiger charge is -2.26. The van der Waals surface area contributed by atoms with Crippen molar-refractivity contribution in [1.82, 2.24) is 56.7 Å². The zero-order valence-corrected chi connectivity index (χ0v) is 40.6. The maximum Gasteiger partial charge on any atom is 0.315 e. The standard InChI is InChI=1S/C25H38N8O3S.C22H33N7O2/c1-2-27-23-21(24(34)28-11-12-33-13-15-37(36)16-14-33)8-7-20(32-23)5-3-4-10-29-25(35)31-18-19-6-9-22(26)30-17-19;1-3-25-20-18(21(30)24-2)11-10-17(29-20)8-6-4-5-7-13-26-22(31)28-15-16-9-12-19(23)27-14-16/h6-9,17H,2-5,10-16,18H2,1H3,(H2,26,30)(H,27,32)(H,28,34)(H2,29,31,35);9-12,14H,3-8,13,15H2,1-2H3,(H2,23,27)(H,24,30)(H,25,29)(H2,26,28,31). The Morgan fingerprint density at radius 2 is 1.09 bits per heavy atom. The van der Waals surface area contributed by atoms with Crippen molar-refractivity contribution in [2.45, 2.75) is 78.3 Å². The van der Waals surface area contributed by atoms with E-state index < -0.39 is 10.8 Å². The number of aryl methyl sites for hydroxylation is 2. The maximum atomic E-state index is 12.8. The Kier molecular flexibility index (Phi) is 24.3. The summed E-state index contributed by atoms with van der Waals surface area (Å²) in [6, 6.07) is 14.1. The highest BCUT2D eigenvalue weighted by molar-refractivity contribution is 7.85. The van der Waals surface area contributed by atoms with Crippen LogP contribution in [0.5, 0.6) is 0 Å². The second kappa shape index (κ2) is 30.6. The molecule has 5 rings (SSSR count). The molecule has 21 heteroatoms. The summed E-state index contributed by atoms with van der Waals surface area (Å²) < 4.78 is 11.5. The molecule has 1 aliphatic heterocycles. The zero-order valence-electron chi connectivity index (χ0n) is 39.8. The molecular weight excluding hydrogens is 887 g/mol. The van der Waals surface area contributed by atoms with Gasteiger partial charge in [-0.25, -0.2) is 29.5 Å². The van der Waals surface area contributed by atoms with Crippen LogP contribution in [0.4, 0.5) is 32.9 Å². The number of nitrogens with zero attached hydrogens (tertiary/aromatic N) is 5. The number of urea groups is 2. The highest BCUT2D eigenvalue weighted by Gasteiger charge is 2.17. The van der Waals surface area contributed by atoms with Crippen molar-refractivity contribution in [3.8, 4) is 0 Å². The molecule has 0 saturated carbocycles. The normalized spacial score (nSPS) is 12.5. The van der Waals surface area contributed by atoms with Gasteiger partial charge in [0.05, 0.1) is 11.1 Å². The molecule has 0 unspecified atom stereocenters. The number of carbonyl (C=O) groups excluding carboxylic acids is 4. The van der Waals surface area contributed by atoms with Gasteiger partial charge in [0, 0.05) is 119 Å². The van der Waals surface area contributed by atoms with Crippen molar-refractivity contribution in [1.29, 1.82) is 0 Å². The number of hydrogen-bond acceptors (Lipinski definition) is 14. The van der Waals surface area contributed by atoms with E-state index in [1.54, 1.807) is 31.6 Å². The predicted molar refractivity (Wildman–Crippen MR) is 270 cm³/mol. The van der Waals surface area contributed by atoms with Gasteiger partial charge in [0.1, 0.15) is 23.3 Å². The topological polar surface area (TPSA) is 288 Å². The summed E-state index contributed by atoms with van der Waals surface area (Å²) in [5.41, 5.74) is 15.8. The number of hydrogen-bond donors (Lipinski definition) is 10. The van der Waals surface area contributed by atoms with Crippen LogP contribution in [0.15, 0.2) is 60.9 Å². The Bertz CT molecular complexity index is 2190. The Morgan fingerprint density at radius 1 is 0.603 bits per heavy atom. The maximum absolute atomic E-state index is 12.8. The summed E-state index contributed by atoms with van der Waals surface area (Å²) in [7, 11) is 0.914. The lowest BCUT2D eigenvalue weighted by molar-refractivity contribution is 0.0945. The number of nitrogens with two attached hydrogens (primary N) is 2. The number of rotatable bonds is 25. The van der Waals surface area contributed by atoms with Crippen molar-refractivity contribution in [3.05, 3.63) is 94.6 Å². The van der Waals surface area contributed by atoms with E-state index in [2.05, 4.69) is 67.4 Å². The van der Waals surface area contributed by atoms with Crippen LogP contribution in [0.25, 0.3) is 0 Å². The molecule has 1 aliphatic rings. The van der Waals surface area contributed by atoms with Crippen LogP contribution >= 0.6 is 0 Å².